The fraction of sp³-hybridized carbons (Fsp3) is 0.368. The standard InChI is InChI=1S/C19H23N/c1-15(17-11-12-17)13-20-14-16-7-9-19(10-8-16)18-5-3-2-4-6-18/h2-10,15,17,20H,11-14H2,1H3. The van der Waals surface area contributed by atoms with Crippen LogP contribution in [0.3, 0.4) is 0 Å². The van der Waals surface area contributed by atoms with E-state index in [-0.39, 0.29) is 0 Å². The van der Waals surface area contributed by atoms with Crippen LogP contribution < -0.4 is 5.32 Å². The van der Waals surface area contributed by atoms with Crippen LogP contribution in [0, 0.1) is 11.8 Å². The molecule has 1 atom stereocenters. The van der Waals surface area contributed by atoms with E-state index < -0.39 is 0 Å². The van der Waals surface area contributed by atoms with Crippen molar-refractivity contribution in [1.82, 2.24) is 5.32 Å². The summed E-state index contributed by atoms with van der Waals surface area (Å²) >= 11 is 0. The Morgan fingerprint density at radius 2 is 1.60 bits per heavy atom. The van der Waals surface area contributed by atoms with Gasteiger partial charge < -0.3 is 5.32 Å². The zero-order valence-electron chi connectivity index (χ0n) is 12.2. The molecule has 1 aliphatic rings. The molecule has 0 radical (unpaired) electrons. The van der Waals surface area contributed by atoms with Crippen molar-refractivity contribution in [2.75, 3.05) is 6.54 Å². The van der Waals surface area contributed by atoms with Gasteiger partial charge in [0.25, 0.3) is 0 Å². The molecule has 1 saturated carbocycles. The molecule has 0 aliphatic heterocycles. The van der Waals surface area contributed by atoms with Crippen molar-refractivity contribution in [3.63, 3.8) is 0 Å². The molecular formula is C19H23N. The largest absolute Gasteiger partial charge is 0.312 e. The Hall–Kier alpha value is -1.60. The lowest BCUT2D eigenvalue weighted by Gasteiger charge is -2.11. The second-order valence-electron chi connectivity index (χ2n) is 6.01. The van der Waals surface area contributed by atoms with Gasteiger partial charge in [-0.05, 0) is 47.9 Å². The molecular weight excluding hydrogens is 242 g/mol. The monoisotopic (exact) mass is 265 g/mol. The van der Waals surface area contributed by atoms with Crippen LogP contribution in [0.1, 0.15) is 25.3 Å². The number of benzene rings is 2. The summed E-state index contributed by atoms with van der Waals surface area (Å²) in [5.41, 5.74) is 3.95. The molecule has 1 aliphatic carbocycles. The van der Waals surface area contributed by atoms with Gasteiger partial charge in [-0.25, -0.2) is 0 Å². The zero-order valence-corrected chi connectivity index (χ0v) is 12.2. The van der Waals surface area contributed by atoms with Crippen LogP contribution in [0.25, 0.3) is 11.1 Å². The molecule has 0 heterocycles. The van der Waals surface area contributed by atoms with Crippen LogP contribution >= 0.6 is 0 Å². The van der Waals surface area contributed by atoms with Gasteiger partial charge in [-0.3, -0.25) is 0 Å². The van der Waals surface area contributed by atoms with Gasteiger partial charge in [0.15, 0.2) is 0 Å². The fourth-order valence-electron chi connectivity index (χ4n) is 2.72. The lowest BCUT2D eigenvalue weighted by atomic mass is 10.0. The van der Waals surface area contributed by atoms with Crippen molar-refractivity contribution in [1.29, 1.82) is 0 Å². The molecule has 3 rings (SSSR count). The maximum absolute atomic E-state index is 3.58. The molecule has 104 valence electrons. The van der Waals surface area contributed by atoms with Crippen molar-refractivity contribution < 1.29 is 0 Å². The minimum atomic E-state index is 0.832. The lowest BCUT2D eigenvalue weighted by molar-refractivity contribution is 0.461. The molecule has 2 aromatic carbocycles. The third-order valence-corrected chi connectivity index (χ3v) is 4.28. The average molecular weight is 265 g/mol. The summed E-state index contributed by atoms with van der Waals surface area (Å²) in [6.07, 6.45) is 2.88. The number of nitrogens with one attached hydrogen (secondary N) is 1. The fourth-order valence-corrected chi connectivity index (χ4v) is 2.72. The van der Waals surface area contributed by atoms with E-state index in [1.807, 2.05) is 0 Å². The second-order valence-corrected chi connectivity index (χ2v) is 6.01. The molecule has 0 amide bonds. The summed E-state index contributed by atoms with van der Waals surface area (Å²) in [4.78, 5) is 0. The highest BCUT2D eigenvalue weighted by molar-refractivity contribution is 5.63. The topological polar surface area (TPSA) is 12.0 Å². The van der Waals surface area contributed by atoms with Crippen molar-refractivity contribution >= 4 is 0 Å². The van der Waals surface area contributed by atoms with E-state index in [1.165, 1.54) is 29.5 Å². The van der Waals surface area contributed by atoms with Crippen LogP contribution in [0.15, 0.2) is 54.6 Å². The van der Waals surface area contributed by atoms with Crippen LogP contribution in [0.4, 0.5) is 0 Å². The maximum Gasteiger partial charge on any atom is 0.0205 e. The molecule has 0 bridgehead atoms. The Kier molecular flexibility index (Phi) is 4.17. The zero-order chi connectivity index (χ0) is 13.8. The van der Waals surface area contributed by atoms with Crippen LogP contribution in [0.2, 0.25) is 0 Å². The van der Waals surface area contributed by atoms with Gasteiger partial charge in [-0.1, -0.05) is 61.5 Å². The van der Waals surface area contributed by atoms with Gasteiger partial charge >= 0.3 is 0 Å². The highest BCUT2D eigenvalue weighted by atomic mass is 14.9. The Labute approximate surface area is 122 Å². The molecule has 1 heteroatoms. The summed E-state index contributed by atoms with van der Waals surface area (Å²) in [5.74, 6) is 1.82. The third-order valence-electron chi connectivity index (χ3n) is 4.28. The Balaban J connectivity index is 1.53. The van der Waals surface area contributed by atoms with Gasteiger partial charge in [0.1, 0.15) is 0 Å². The van der Waals surface area contributed by atoms with Gasteiger partial charge in [0, 0.05) is 6.54 Å². The summed E-state index contributed by atoms with van der Waals surface area (Å²) in [6, 6.07) is 19.5. The first-order valence-corrected chi connectivity index (χ1v) is 7.68. The normalized spacial score (nSPS) is 16.1. The summed E-state index contributed by atoms with van der Waals surface area (Å²) in [5, 5.41) is 3.58. The number of hydrogen-bond acceptors (Lipinski definition) is 1. The van der Waals surface area contributed by atoms with E-state index in [2.05, 4.69) is 66.8 Å². The quantitative estimate of drug-likeness (QED) is 0.811. The predicted octanol–water partition coefficient (Wildman–Crippen LogP) is 4.49. The van der Waals surface area contributed by atoms with E-state index in [0.29, 0.717) is 0 Å². The Morgan fingerprint density at radius 3 is 2.25 bits per heavy atom. The second kappa shape index (κ2) is 6.23. The summed E-state index contributed by atoms with van der Waals surface area (Å²) < 4.78 is 0. The minimum Gasteiger partial charge on any atom is -0.312 e. The first-order valence-electron chi connectivity index (χ1n) is 7.68. The van der Waals surface area contributed by atoms with Crippen molar-refractivity contribution in [2.45, 2.75) is 26.3 Å². The molecule has 1 unspecified atom stereocenters. The molecule has 0 saturated heterocycles. The first kappa shape index (κ1) is 13.4. The third kappa shape index (κ3) is 3.49. The van der Waals surface area contributed by atoms with Crippen molar-refractivity contribution in [3.8, 4) is 11.1 Å². The van der Waals surface area contributed by atoms with E-state index >= 15 is 0 Å². The van der Waals surface area contributed by atoms with Crippen LogP contribution in [-0.2, 0) is 6.54 Å². The van der Waals surface area contributed by atoms with Crippen LogP contribution in [0.5, 0.6) is 0 Å². The van der Waals surface area contributed by atoms with Gasteiger partial charge in [-0.2, -0.15) is 0 Å². The van der Waals surface area contributed by atoms with Crippen molar-refractivity contribution in [3.05, 3.63) is 60.2 Å². The van der Waals surface area contributed by atoms with E-state index in [0.717, 1.165) is 24.9 Å². The molecule has 2 aromatic rings. The predicted molar refractivity (Wildman–Crippen MR) is 85.5 cm³/mol. The first-order chi connectivity index (χ1) is 9.83. The Bertz CT molecular complexity index is 525. The van der Waals surface area contributed by atoms with Crippen molar-refractivity contribution in [2.24, 2.45) is 11.8 Å². The lowest BCUT2D eigenvalue weighted by Crippen LogP contribution is -2.21. The molecule has 20 heavy (non-hydrogen) atoms. The molecule has 0 aromatic heterocycles. The molecule has 1 N–H and O–H groups in total. The maximum atomic E-state index is 3.58. The van der Waals surface area contributed by atoms with Gasteiger partial charge in [0.2, 0.25) is 0 Å². The van der Waals surface area contributed by atoms with Gasteiger partial charge in [-0.15, -0.1) is 0 Å². The minimum absolute atomic E-state index is 0.832. The number of rotatable bonds is 6. The summed E-state index contributed by atoms with van der Waals surface area (Å²) in [7, 11) is 0. The molecule has 1 nitrogen and oxygen atoms in total. The average Bonchev–Trinajstić information content (AvgIpc) is 3.33. The van der Waals surface area contributed by atoms with Gasteiger partial charge in [0.05, 0.1) is 0 Å². The van der Waals surface area contributed by atoms with E-state index in [9.17, 15) is 0 Å². The molecule has 0 spiro atoms. The molecule has 1 fully saturated rings. The smallest absolute Gasteiger partial charge is 0.0205 e. The highest BCUT2D eigenvalue weighted by Gasteiger charge is 2.27. The van der Waals surface area contributed by atoms with E-state index in [4.69, 9.17) is 0 Å². The van der Waals surface area contributed by atoms with E-state index in [1.54, 1.807) is 0 Å². The highest BCUT2D eigenvalue weighted by Crippen LogP contribution is 2.36. The summed E-state index contributed by atoms with van der Waals surface area (Å²) in [6.45, 7) is 4.49. The van der Waals surface area contributed by atoms with Crippen LogP contribution in [-0.4, -0.2) is 6.54 Å². The Morgan fingerprint density at radius 1 is 0.950 bits per heavy atom. The SMILES string of the molecule is CC(CNCc1ccc(-c2ccccc2)cc1)C1CC1. The number of hydrogen-bond donors (Lipinski definition) is 1.